The van der Waals surface area contributed by atoms with Crippen molar-refractivity contribution in [1.82, 2.24) is 0 Å². The molecule has 0 bridgehead atoms. The van der Waals surface area contributed by atoms with Gasteiger partial charge in [-0.1, -0.05) is 12.1 Å². The van der Waals surface area contributed by atoms with E-state index in [0.717, 1.165) is 12.8 Å². The van der Waals surface area contributed by atoms with Crippen molar-refractivity contribution in [2.45, 2.75) is 25.7 Å². The van der Waals surface area contributed by atoms with Gasteiger partial charge in [0.25, 0.3) is 0 Å². The monoisotopic (exact) mass is 154 g/mol. The Kier molecular flexibility index (Phi) is 1.31. The molecule has 2 aliphatic rings. The minimum Gasteiger partial charge on any atom is -0.0585 e. The summed E-state index contributed by atoms with van der Waals surface area (Å²) < 4.78 is 0. The van der Waals surface area contributed by atoms with E-state index in [1.165, 1.54) is 35.1 Å². The first kappa shape index (κ1) is 6.71. The minimum absolute atomic E-state index is 1.10. The molecular formula is C12H10. The quantitative estimate of drug-likeness (QED) is 0.538. The lowest BCUT2D eigenvalue weighted by molar-refractivity contribution is 1.02. The van der Waals surface area contributed by atoms with E-state index in [4.69, 9.17) is 0 Å². The standard InChI is InChI=1S/C12H10/c1-3-9-7-8-10-4-2-6-12(10)11(9)5-1/h7-8H,1-4H2. The normalized spacial score (nSPS) is 19.3. The average molecular weight is 154 g/mol. The van der Waals surface area contributed by atoms with Crippen LogP contribution < -0.4 is 0 Å². The van der Waals surface area contributed by atoms with Gasteiger partial charge in [-0.3, -0.25) is 0 Å². The molecule has 1 aromatic carbocycles. The molecule has 0 spiro atoms. The van der Waals surface area contributed by atoms with Crippen molar-refractivity contribution in [2.24, 2.45) is 0 Å². The Bertz CT molecular complexity index is 290. The maximum Gasteiger partial charge on any atom is 0.0174 e. The molecule has 3 rings (SSSR count). The molecule has 0 saturated carbocycles. The van der Waals surface area contributed by atoms with Crippen LogP contribution in [-0.2, 0) is 12.8 Å². The van der Waals surface area contributed by atoms with E-state index in [0.29, 0.717) is 0 Å². The van der Waals surface area contributed by atoms with Gasteiger partial charge in [-0.05, 0) is 47.9 Å². The molecule has 2 aliphatic carbocycles. The molecule has 0 aromatic heterocycles. The van der Waals surface area contributed by atoms with Crippen molar-refractivity contribution < 1.29 is 0 Å². The van der Waals surface area contributed by atoms with Crippen molar-refractivity contribution >= 4 is 0 Å². The van der Waals surface area contributed by atoms with Crippen molar-refractivity contribution in [3.63, 3.8) is 0 Å². The van der Waals surface area contributed by atoms with E-state index < -0.39 is 0 Å². The second kappa shape index (κ2) is 2.35. The Morgan fingerprint density at radius 3 is 1.83 bits per heavy atom. The van der Waals surface area contributed by atoms with E-state index in [-0.39, 0.29) is 0 Å². The topological polar surface area (TPSA) is 0 Å². The molecule has 0 heteroatoms. The first-order valence-corrected chi connectivity index (χ1v) is 4.57. The lowest BCUT2D eigenvalue weighted by atomic mass is 10.00. The molecular weight excluding hydrogens is 144 g/mol. The van der Waals surface area contributed by atoms with Gasteiger partial charge < -0.3 is 0 Å². The first-order valence-electron chi connectivity index (χ1n) is 4.57. The number of hydrogen-bond acceptors (Lipinski definition) is 0. The predicted molar refractivity (Wildman–Crippen MR) is 47.8 cm³/mol. The van der Waals surface area contributed by atoms with E-state index in [2.05, 4.69) is 25.0 Å². The van der Waals surface area contributed by atoms with E-state index in [1.807, 2.05) is 0 Å². The lowest BCUT2D eigenvalue weighted by Crippen LogP contribution is -1.89. The molecule has 0 amide bonds. The molecule has 0 heterocycles. The highest BCUT2D eigenvalue weighted by Crippen LogP contribution is 2.34. The Hall–Kier alpha value is -0.780. The van der Waals surface area contributed by atoms with Gasteiger partial charge in [0.05, 0.1) is 0 Å². The SMILES string of the molecule is [C]1CCc2ccc3c(c21)[C]CC3. The molecule has 0 nitrogen and oxygen atoms in total. The fraction of sp³-hybridized carbons (Fsp3) is 0.333. The zero-order valence-electron chi connectivity index (χ0n) is 6.98. The Morgan fingerprint density at radius 2 is 1.33 bits per heavy atom. The van der Waals surface area contributed by atoms with Gasteiger partial charge in [0.15, 0.2) is 0 Å². The number of hydrogen-bond donors (Lipinski definition) is 0. The summed E-state index contributed by atoms with van der Waals surface area (Å²) in [4.78, 5) is 0. The summed E-state index contributed by atoms with van der Waals surface area (Å²) in [5, 5.41) is 0. The van der Waals surface area contributed by atoms with Crippen LogP contribution in [0.25, 0.3) is 0 Å². The molecule has 12 heavy (non-hydrogen) atoms. The fourth-order valence-electron chi connectivity index (χ4n) is 2.15. The first-order chi connectivity index (χ1) is 5.95. The fourth-order valence-corrected chi connectivity index (χ4v) is 2.15. The third kappa shape index (κ3) is 0.782. The Morgan fingerprint density at radius 1 is 0.833 bits per heavy atom. The third-order valence-corrected chi connectivity index (χ3v) is 2.77. The molecule has 1 aromatic rings. The third-order valence-electron chi connectivity index (χ3n) is 2.77. The van der Waals surface area contributed by atoms with Crippen LogP contribution in [0.1, 0.15) is 35.1 Å². The second-order valence-electron chi connectivity index (χ2n) is 3.49. The van der Waals surface area contributed by atoms with Gasteiger partial charge in [0.2, 0.25) is 0 Å². The van der Waals surface area contributed by atoms with Crippen LogP contribution in [-0.4, -0.2) is 0 Å². The number of rotatable bonds is 0. The summed E-state index contributed by atoms with van der Waals surface area (Å²) in [6, 6.07) is 4.53. The number of benzene rings is 1. The molecule has 0 saturated heterocycles. The molecule has 0 aliphatic heterocycles. The molecule has 0 N–H and O–H groups in total. The van der Waals surface area contributed by atoms with Gasteiger partial charge in [-0.15, -0.1) is 0 Å². The van der Waals surface area contributed by atoms with Crippen LogP contribution in [0.5, 0.6) is 0 Å². The second-order valence-corrected chi connectivity index (χ2v) is 3.49. The van der Waals surface area contributed by atoms with Gasteiger partial charge in [-0.2, -0.15) is 0 Å². The highest BCUT2D eigenvalue weighted by Gasteiger charge is 2.21. The summed E-state index contributed by atoms with van der Waals surface area (Å²) in [5.74, 6) is 0. The van der Waals surface area contributed by atoms with Crippen LogP contribution in [0.2, 0.25) is 0 Å². The van der Waals surface area contributed by atoms with Crippen LogP contribution in [0.4, 0.5) is 0 Å². The smallest absolute Gasteiger partial charge is 0.0174 e. The van der Waals surface area contributed by atoms with Crippen LogP contribution >= 0.6 is 0 Å². The molecule has 0 fully saturated rings. The van der Waals surface area contributed by atoms with Crippen molar-refractivity contribution in [3.05, 3.63) is 47.2 Å². The van der Waals surface area contributed by atoms with Gasteiger partial charge in [0, 0.05) is 12.8 Å². The summed E-state index contributed by atoms with van der Waals surface area (Å²) in [5.41, 5.74) is 5.68. The summed E-state index contributed by atoms with van der Waals surface area (Å²) in [6.07, 6.45) is 11.5. The van der Waals surface area contributed by atoms with Gasteiger partial charge in [0.1, 0.15) is 0 Å². The average Bonchev–Trinajstić information content (AvgIpc) is 2.71. The van der Waals surface area contributed by atoms with Crippen LogP contribution in [0, 0.1) is 12.8 Å². The van der Waals surface area contributed by atoms with Gasteiger partial charge in [-0.25, -0.2) is 0 Å². The largest absolute Gasteiger partial charge is 0.0585 e. The Balaban J connectivity index is 2.24. The van der Waals surface area contributed by atoms with Crippen molar-refractivity contribution in [1.29, 1.82) is 0 Å². The molecule has 58 valence electrons. The minimum atomic E-state index is 1.10. The predicted octanol–water partition coefficient (Wildman–Crippen LogP) is 2.44. The lowest BCUT2D eigenvalue weighted by Gasteiger charge is -2.05. The van der Waals surface area contributed by atoms with E-state index >= 15 is 0 Å². The van der Waals surface area contributed by atoms with E-state index in [9.17, 15) is 0 Å². The maximum atomic E-state index is 3.44. The van der Waals surface area contributed by atoms with Crippen molar-refractivity contribution in [3.8, 4) is 0 Å². The van der Waals surface area contributed by atoms with Crippen molar-refractivity contribution in [2.75, 3.05) is 0 Å². The summed E-state index contributed by atoms with van der Waals surface area (Å²) in [6.45, 7) is 0. The maximum absolute atomic E-state index is 3.44. The highest BCUT2D eigenvalue weighted by molar-refractivity contribution is 5.53. The summed E-state index contributed by atoms with van der Waals surface area (Å²) in [7, 11) is 0. The number of aryl methyl sites for hydroxylation is 2. The molecule has 0 unspecified atom stereocenters. The summed E-state index contributed by atoms with van der Waals surface area (Å²) >= 11 is 0. The zero-order chi connectivity index (χ0) is 7.97. The van der Waals surface area contributed by atoms with Crippen LogP contribution in [0.15, 0.2) is 12.1 Å². The van der Waals surface area contributed by atoms with E-state index in [1.54, 1.807) is 0 Å². The Labute approximate surface area is 73.6 Å². The van der Waals surface area contributed by atoms with Crippen LogP contribution in [0.3, 0.4) is 0 Å². The number of fused-ring (bicyclic) bond motifs is 3. The highest BCUT2D eigenvalue weighted by atomic mass is 14.2. The van der Waals surface area contributed by atoms with Gasteiger partial charge >= 0.3 is 0 Å². The zero-order valence-corrected chi connectivity index (χ0v) is 6.98. The molecule has 4 radical (unpaired) electrons. The molecule has 0 atom stereocenters.